The lowest BCUT2D eigenvalue weighted by molar-refractivity contribution is -0.145. The minimum atomic E-state index is -0.514. The average molecular weight is 257 g/mol. The molecule has 1 heterocycles. The largest absolute Gasteiger partial charge is 0.465 e. The number of hydrogen-bond donors (Lipinski definition) is 1. The van der Waals surface area contributed by atoms with Crippen LogP contribution in [0, 0.1) is 0 Å². The SMILES string of the molecule is CCOC(=O)C(N)CN1CCC(N(CC)CC)C1. The van der Waals surface area contributed by atoms with Gasteiger partial charge in [0.1, 0.15) is 6.04 Å². The zero-order chi connectivity index (χ0) is 13.5. The molecule has 5 heteroatoms. The Labute approximate surface area is 110 Å². The standard InChI is InChI=1S/C13H27N3O2/c1-4-16(5-2)11-7-8-15(9-11)10-12(14)13(17)18-6-3/h11-12H,4-10,14H2,1-3H3. The Morgan fingerprint density at radius 1 is 1.44 bits per heavy atom. The van der Waals surface area contributed by atoms with E-state index in [0.717, 1.165) is 32.6 Å². The Morgan fingerprint density at radius 3 is 2.67 bits per heavy atom. The fraction of sp³-hybridized carbons (Fsp3) is 0.923. The molecule has 0 bridgehead atoms. The number of esters is 1. The molecule has 0 aromatic rings. The molecular weight excluding hydrogens is 230 g/mol. The summed E-state index contributed by atoms with van der Waals surface area (Å²) in [6, 6.07) is 0.0924. The molecule has 0 aromatic heterocycles. The molecular formula is C13H27N3O2. The Bertz CT molecular complexity index is 257. The number of nitrogens with zero attached hydrogens (tertiary/aromatic N) is 2. The number of carbonyl (C=O) groups is 1. The van der Waals surface area contributed by atoms with Crippen molar-refractivity contribution in [3.8, 4) is 0 Å². The van der Waals surface area contributed by atoms with Gasteiger partial charge in [-0.25, -0.2) is 0 Å². The van der Waals surface area contributed by atoms with Gasteiger partial charge in [0.2, 0.25) is 0 Å². The molecule has 0 aliphatic carbocycles. The van der Waals surface area contributed by atoms with E-state index in [-0.39, 0.29) is 5.97 Å². The van der Waals surface area contributed by atoms with Crippen molar-refractivity contribution in [1.29, 1.82) is 0 Å². The van der Waals surface area contributed by atoms with Crippen LogP contribution in [0.5, 0.6) is 0 Å². The highest BCUT2D eigenvalue weighted by atomic mass is 16.5. The first kappa shape index (κ1) is 15.4. The molecule has 1 aliphatic heterocycles. The molecule has 0 spiro atoms. The lowest BCUT2D eigenvalue weighted by atomic mass is 10.2. The molecule has 1 aliphatic rings. The number of likely N-dealkylation sites (tertiary alicyclic amines) is 1. The second kappa shape index (κ2) is 7.71. The summed E-state index contributed by atoms with van der Waals surface area (Å²) in [5.41, 5.74) is 5.84. The van der Waals surface area contributed by atoms with Gasteiger partial charge in [-0.2, -0.15) is 0 Å². The molecule has 1 fully saturated rings. The summed E-state index contributed by atoms with van der Waals surface area (Å²) in [4.78, 5) is 16.2. The van der Waals surface area contributed by atoms with E-state index in [4.69, 9.17) is 10.5 Å². The van der Waals surface area contributed by atoms with Gasteiger partial charge in [0.25, 0.3) is 0 Å². The Kier molecular flexibility index (Phi) is 6.60. The Morgan fingerprint density at radius 2 is 2.11 bits per heavy atom. The van der Waals surface area contributed by atoms with Crippen molar-refractivity contribution < 1.29 is 9.53 Å². The van der Waals surface area contributed by atoms with Crippen LogP contribution >= 0.6 is 0 Å². The zero-order valence-electron chi connectivity index (χ0n) is 11.9. The van der Waals surface area contributed by atoms with Crippen LogP contribution in [0.3, 0.4) is 0 Å². The average Bonchev–Trinajstić information content (AvgIpc) is 2.79. The van der Waals surface area contributed by atoms with Gasteiger partial charge in [0.15, 0.2) is 0 Å². The number of likely N-dealkylation sites (N-methyl/N-ethyl adjacent to an activating group) is 1. The van der Waals surface area contributed by atoms with Crippen molar-refractivity contribution in [2.24, 2.45) is 5.73 Å². The van der Waals surface area contributed by atoms with Crippen molar-refractivity contribution in [3.05, 3.63) is 0 Å². The van der Waals surface area contributed by atoms with E-state index in [1.54, 1.807) is 6.92 Å². The third kappa shape index (κ3) is 4.23. The number of carbonyl (C=O) groups excluding carboxylic acids is 1. The van der Waals surface area contributed by atoms with E-state index in [0.29, 0.717) is 19.2 Å². The highest BCUT2D eigenvalue weighted by Gasteiger charge is 2.28. The Balaban J connectivity index is 2.36. The number of hydrogen-bond acceptors (Lipinski definition) is 5. The van der Waals surface area contributed by atoms with Gasteiger partial charge in [-0.1, -0.05) is 13.8 Å². The summed E-state index contributed by atoms with van der Waals surface area (Å²) >= 11 is 0. The van der Waals surface area contributed by atoms with Gasteiger partial charge in [-0.15, -0.1) is 0 Å². The maximum Gasteiger partial charge on any atom is 0.324 e. The van der Waals surface area contributed by atoms with Gasteiger partial charge in [-0.05, 0) is 33.0 Å². The quantitative estimate of drug-likeness (QED) is 0.665. The first-order chi connectivity index (χ1) is 8.62. The van der Waals surface area contributed by atoms with Gasteiger partial charge >= 0.3 is 5.97 Å². The fourth-order valence-corrected chi connectivity index (χ4v) is 2.62. The van der Waals surface area contributed by atoms with Crippen molar-refractivity contribution in [2.45, 2.75) is 39.3 Å². The van der Waals surface area contributed by atoms with Gasteiger partial charge < -0.3 is 10.5 Å². The first-order valence-electron chi connectivity index (χ1n) is 7.00. The van der Waals surface area contributed by atoms with Crippen LogP contribution in [-0.4, -0.2) is 67.2 Å². The monoisotopic (exact) mass is 257 g/mol. The minimum Gasteiger partial charge on any atom is -0.465 e. The van der Waals surface area contributed by atoms with Crippen LogP contribution in [0.4, 0.5) is 0 Å². The number of nitrogens with two attached hydrogens (primary N) is 1. The summed E-state index contributed by atoms with van der Waals surface area (Å²) in [7, 11) is 0. The normalized spacial score (nSPS) is 22.4. The smallest absolute Gasteiger partial charge is 0.324 e. The van der Waals surface area contributed by atoms with E-state index in [9.17, 15) is 4.79 Å². The molecule has 0 saturated carbocycles. The molecule has 5 nitrogen and oxygen atoms in total. The summed E-state index contributed by atoms with van der Waals surface area (Å²) in [5, 5.41) is 0. The molecule has 2 N–H and O–H groups in total. The second-order valence-corrected chi connectivity index (χ2v) is 4.78. The third-order valence-electron chi connectivity index (χ3n) is 3.62. The van der Waals surface area contributed by atoms with Crippen LogP contribution in [0.15, 0.2) is 0 Å². The summed E-state index contributed by atoms with van der Waals surface area (Å²) < 4.78 is 4.93. The maximum atomic E-state index is 11.5. The molecule has 2 unspecified atom stereocenters. The summed E-state index contributed by atoms with van der Waals surface area (Å²) in [6.07, 6.45) is 1.16. The van der Waals surface area contributed by atoms with Crippen molar-refractivity contribution in [1.82, 2.24) is 9.80 Å². The fourth-order valence-electron chi connectivity index (χ4n) is 2.62. The molecule has 18 heavy (non-hydrogen) atoms. The van der Waals surface area contributed by atoms with Crippen LogP contribution in [0.1, 0.15) is 27.2 Å². The topological polar surface area (TPSA) is 58.8 Å². The van der Waals surface area contributed by atoms with Gasteiger partial charge in [0, 0.05) is 19.1 Å². The van der Waals surface area contributed by atoms with E-state index in [1.807, 2.05) is 0 Å². The maximum absolute atomic E-state index is 11.5. The number of ether oxygens (including phenoxy) is 1. The molecule has 2 atom stereocenters. The predicted molar refractivity (Wildman–Crippen MR) is 72.4 cm³/mol. The molecule has 1 rings (SSSR count). The molecule has 1 saturated heterocycles. The second-order valence-electron chi connectivity index (χ2n) is 4.78. The Hall–Kier alpha value is -0.650. The summed E-state index contributed by atoms with van der Waals surface area (Å²) in [5.74, 6) is -0.288. The molecule has 0 aromatic carbocycles. The van der Waals surface area contributed by atoms with Crippen LogP contribution in [0.25, 0.3) is 0 Å². The highest BCUT2D eigenvalue weighted by molar-refractivity contribution is 5.75. The van der Waals surface area contributed by atoms with E-state index >= 15 is 0 Å². The molecule has 106 valence electrons. The minimum absolute atomic E-state index is 0.288. The van der Waals surface area contributed by atoms with Gasteiger partial charge in [0.05, 0.1) is 6.61 Å². The van der Waals surface area contributed by atoms with Crippen LogP contribution in [0.2, 0.25) is 0 Å². The lowest BCUT2D eigenvalue weighted by Gasteiger charge is -2.26. The van der Waals surface area contributed by atoms with Crippen molar-refractivity contribution >= 4 is 5.97 Å². The van der Waals surface area contributed by atoms with Crippen LogP contribution in [-0.2, 0) is 9.53 Å². The molecule has 0 radical (unpaired) electrons. The zero-order valence-corrected chi connectivity index (χ0v) is 11.9. The third-order valence-corrected chi connectivity index (χ3v) is 3.62. The summed E-state index contributed by atoms with van der Waals surface area (Å²) in [6.45, 7) is 11.4. The lowest BCUT2D eigenvalue weighted by Crippen LogP contribution is -2.44. The van der Waals surface area contributed by atoms with Crippen LogP contribution < -0.4 is 5.73 Å². The van der Waals surface area contributed by atoms with Crippen molar-refractivity contribution in [2.75, 3.05) is 39.3 Å². The number of rotatable bonds is 7. The predicted octanol–water partition coefficient (Wildman–Crippen LogP) is 0.293. The molecule has 0 amide bonds. The van der Waals surface area contributed by atoms with E-state index < -0.39 is 6.04 Å². The van der Waals surface area contributed by atoms with Crippen molar-refractivity contribution in [3.63, 3.8) is 0 Å². The first-order valence-corrected chi connectivity index (χ1v) is 7.00. The highest BCUT2D eigenvalue weighted by Crippen LogP contribution is 2.15. The van der Waals surface area contributed by atoms with E-state index in [1.165, 1.54) is 0 Å². The van der Waals surface area contributed by atoms with E-state index in [2.05, 4.69) is 23.6 Å². The van der Waals surface area contributed by atoms with Gasteiger partial charge in [-0.3, -0.25) is 14.6 Å².